The highest BCUT2D eigenvalue weighted by molar-refractivity contribution is 7.89. The Kier molecular flexibility index (Phi) is 3.96. The minimum atomic E-state index is -3.61. The molecule has 22 heavy (non-hydrogen) atoms. The van der Waals surface area contributed by atoms with E-state index in [4.69, 9.17) is 4.74 Å². The Labute approximate surface area is 130 Å². The van der Waals surface area contributed by atoms with Gasteiger partial charge in [-0.3, -0.25) is 4.79 Å². The molecule has 120 valence electrons. The molecule has 6 nitrogen and oxygen atoms in total. The van der Waals surface area contributed by atoms with E-state index in [1.54, 1.807) is 36.1 Å². The summed E-state index contributed by atoms with van der Waals surface area (Å²) in [6.07, 6.45) is 0. The SMILES string of the molecule is Cc1ccc(S(=O)(=O)N2[C@H](C)[C@@H]2C(=O)N2CCOCC2)cc1. The first-order chi connectivity index (χ1) is 10.4. The third kappa shape index (κ3) is 2.64. The first kappa shape index (κ1) is 15.5. The molecule has 0 spiro atoms. The molecule has 2 aliphatic rings. The molecule has 1 aromatic rings. The van der Waals surface area contributed by atoms with Gasteiger partial charge in [0.2, 0.25) is 15.9 Å². The summed E-state index contributed by atoms with van der Waals surface area (Å²) in [7, 11) is -3.61. The molecule has 2 fully saturated rings. The third-order valence-corrected chi connectivity index (χ3v) is 6.20. The molecule has 0 radical (unpaired) electrons. The lowest BCUT2D eigenvalue weighted by Gasteiger charge is -2.26. The van der Waals surface area contributed by atoms with Crippen LogP contribution in [0, 0.1) is 6.92 Å². The van der Waals surface area contributed by atoms with Crippen LogP contribution in [0.1, 0.15) is 12.5 Å². The summed E-state index contributed by atoms with van der Waals surface area (Å²) in [6, 6.07) is 5.84. The Morgan fingerprint density at radius 2 is 1.77 bits per heavy atom. The van der Waals surface area contributed by atoms with Crippen LogP contribution in [0.2, 0.25) is 0 Å². The van der Waals surface area contributed by atoms with Crippen molar-refractivity contribution < 1.29 is 17.9 Å². The number of hydrogen-bond acceptors (Lipinski definition) is 4. The first-order valence-corrected chi connectivity index (χ1v) is 8.83. The number of rotatable bonds is 3. The van der Waals surface area contributed by atoms with Crippen molar-refractivity contribution in [2.24, 2.45) is 0 Å². The Balaban J connectivity index is 1.78. The van der Waals surface area contributed by atoms with Crippen molar-refractivity contribution in [2.75, 3.05) is 26.3 Å². The van der Waals surface area contributed by atoms with Crippen LogP contribution in [0.25, 0.3) is 0 Å². The quantitative estimate of drug-likeness (QED) is 0.764. The Hall–Kier alpha value is -1.44. The van der Waals surface area contributed by atoms with Gasteiger partial charge in [0.05, 0.1) is 18.1 Å². The highest BCUT2D eigenvalue weighted by atomic mass is 32.2. The minimum Gasteiger partial charge on any atom is -0.378 e. The first-order valence-electron chi connectivity index (χ1n) is 7.39. The highest BCUT2D eigenvalue weighted by Gasteiger charge is 2.57. The lowest BCUT2D eigenvalue weighted by Crippen LogP contribution is -2.44. The predicted octanol–water partition coefficient (Wildman–Crippen LogP) is 0.615. The standard InChI is InChI=1S/C15H20N2O4S/c1-11-3-5-13(6-4-11)22(19,20)17-12(2)14(17)15(18)16-7-9-21-10-8-16/h3-6,12,14H,7-10H2,1-2H3/t12-,14-,17?/m1/s1. The largest absolute Gasteiger partial charge is 0.378 e. The van der Waals surface area contributed by atoms with Crippen LogP contribution in [0.15, 0.2) is 29.2 Å². The minimum absolute atomic E-state index is 0.119. The van der Waals surface area contributed by atoms with Crippen molar-refractivity contribution in [3.05, 3.63) is 29.8 Å². The zero-order valence-electron chi connectivity index (χ0n) is 12.7. The van der Waals surface area contributed by atoms with E-state index in [0.29, 0.717) is 26.3 Å². The summed E-state index contributed by atoms with van der Waals surface area (Å²) in [5.41, 5.74) is 0.999. The van der Waals surface area contributed by atoms with Crippen LogP contribution >= 0.6 is 0 Å². The van der Waals surface area contributed by atoms with Crippen LogP contribution in [-0.2, 0) is 19.6 Å². The lowest BCUT2D eigenvalue weighted by atomic mass is 10.2. The van der Waals surface area contributed by atoms with E-state index in [1.165, 1.54) is 4.31 Å². The third-order valence-electron chi connectivity index (χ3n) is 4.21. The van der Waals surface area contributed by atoms with Crippen LogP contribution < -0.4 is 0 Å². The molecule has 2 aliphatic heterocycles. The Bertz CT molecular complexity index is 665. The number of amides is 1. The van der Waals surface area contributed by atoms with Crippen LogP contribution in [-0.4, -0.2) is 61.9 Å². The molecule has 2 saturated heterocycles. The fourth-order valence-corrected chi connectivity index (χ4v) is 4.60. The average Bonchev–Trinajstić information content (AvgIpc) is 3.20. The van der Waals surface area contributed by atoms with Crippen molar-refractivity contribution in [1.82, 2.24) is 9.21 Å². The molecule has 0 bridgehead atoms. The molecular weight excluding hydrogens is 304 g/mol. The van der Waals surface area contributed by atoms with Gasteiger partial charge in [-0.1, -0.05) is 17.7 Å². The molecule has 3 rings (SSSR count). The van der Waals surface area contributed by atoms with Crippen molar-refractivity contribution in [3.63, 3.8) is 0 Å². The number of nitrogens with zero attached hydrogens (tertiary/aromatic N) is 2. The van der Waals surface area contributed by atoms with Gasteiger partial charge >= 0.3 is 0 Å². The van der Waals surface area contributed by atoms with E-state index in [-0.39, 0.29) is 16.8 Å². The normalized spacial score (nSPS) is 28.5. The summed E-state index contributed by atoms with van der Waals surface area (Å²) in [4.78, 5) is 14.4. The summed E-state index contributed by atoms with van der Waals surface area (Å²) in [6.45, 7) is 5.76. The summed E-state index contributed by atoms with van der Waals surface area (Å²) < 4.78 is 31.8. The molecule has 0 N–H and O–H groups in total. The van der Waals surface area contributed by atoms with Crippen molar-refractivity contribution in [1.29, 1.82) is 0 Å². The Morgan fingerprint density at radius 3 is 2.36 bits per heavy atom. The van der Waals surface area contributed by atoms with Gasteiger partial charge in [0, 0.05) is 19.1 Å². The molecule has 1 aromatic carbocycles. The second-order valence-electron chi connectivity index (χ2n) is 5.77. The van der Waals surface area contributed by atoms with E-state index >= 15 is 0 Å². The number of sulfonamides is 1. The van der Waals surface area contributed by atoms with E-state index in [2.05, 4.69) is 0 Å². The highest BCUT2D eigenvalue weighted by Crippen LogP contribution is 2.36. The molecule has 1 amide bonds. The fourth-order valence-electron chi connectivity index (χ4n) is 2.81. The second-order valence-corrected chi connectivity index (χ2v) is 7.61. The molecule has 2 heterocycles. The van der Waals surface area contributed by atoms with Crippen LogP contribution in [0.3, 0.4) is 0 Å². The number of hydrogen-bond donors (Lipinski definition) is 0. The smallest absolute Gasteiger partial charge is 0.244 e. The number of carbonyl (C=O) groups excluding carboxylic acids is 1. The van der Waals surface area contributed by atoms with E-state index in [0.717, 1.165) is 5.56 Å². The maximum absolute atomic E-state index is 12.6. The molecule has 0 aliphatic carbocycles. The van der Waals surface area contributed by atoms with Crippen molar-refractivity contribution in [3.8, 4) is 0 Å². The summed E-state index contributed by atoms with van der Waals surface area (Å²) in [5.74, 6) is -0.119. The summed E-state index contributed by atoms with van der Waals surface area (Å²) in [5, 5.41) is 0. The van der Waals surface area contributed by atoms with Crippen LogP contribution in [0.5, 0.6) is 0 Å². The second kappa shape index (κ2) is 5.64. The zero-order valence-corrected chi connectivity index (χ0v) is 13.5. The number of ether oxygens (including phenoxy) is 1. The number of carbonyl (C=O) groups is 1. The van der Waals surface area contributed by atoms with Crippen molar-refractivity contribution >= 4 is 15.9 Å². The monoisotopic (exact) mass is 324 g/mol. The Morgan fingerprint density at radius 1 is 1.18 bits per heavy atom. The molecule has 0 saturated carbocycles. The van der Waals surface area contributed by atoms with E-state index in [1.807, 2.05) is 6.92 Å². The number of morpholine rings is 1. The van der Waals surface area contributed by atoms with Gasteiger partial charge in [0.15, 0.2) is 0 Å². The average molecular weight is 324 g/mol. The van der Waals surface area contributed by atoms with Gasteiger partial charge in [-0.2, -0.15) is 4.31 Å². The molecule has 3 atom stereocenters. The van der Waals surface area contributed by atoms with Gasteiger partial charge in [0.25, 0.3) is 0 Å². The lowest BCUT2D eigenvalue weighted by molar-refractivity contribution is -0.135. The maximum atomic E-state index is 12.6. The topological polar surface area (TPSA) is 66.7 Å². The number of aryl methyl sites for hydroxylation is 1. The maximum Gasteiger partial charge on any atom is 0.244 e. The number of benzene rings is 1. The van der Waals surface area contributed by atoms with Gasteiger partial charge < -0.3 is 9.64 Å². The van der Waals surface area contributed by atoms with E-state index < -0.39 is 16.1 Å². The fraction of sp³-hybridized carbons (Fsp3) is 0.533. The predicted molar refractivity (Wildman–Crippen MR) is 80.9 cm³/mol. The summed E-state index contributed by atoms with van der Waals surface area (Å²) >= 11 is 0. The van der Waals surface area contributed by atoms with Crippen LogP contribution in [0.4, 0.5) is 0 Å². The van der Waals surface area contributed by atoms with Gasteiger partial charge in [-0.05, 0) is 26.0 Å². The molecule has 7 heteroatoms. The van der Waals surface area contributed by atoms with Gasteiger partial charge in [0.1, 0.15) is 6.04 Å². The van der Waals surface area contributed by atoms with Crippen molar-refractivity contribution in [2.45, 2.75) is 30.8 Å². The zero-order chi connectivity index (χ0) is 15.9. The molecular formula is C15H20N2O4S. The van der Waals surface area contributed by atoms with Gasteiger partial charge in [-0.15, -0.1) is 0 Å². The molecule has 1 unspecified atom stereocenters. The van der Waals surface area contributed by atoms with Gasteiger partial charge in [-0.25, -0.2) is 8.42 Å². The molecule has 0 aromatic heterocycles. The van der Waals surface area contributed by atoms with E-state index in [9.17, 15) is 13.2 Å².